The van der Waals surface area contributed by atoms with Gasteiger partial charge in [0.25, 0.3) is 5.91 Å². The van der Waals surface area contributed by atoms with Crippen LogP contribution < -0.4 is 4.74 Å². The number of rotatable bonds is 4. The van der Waals surface area contributed by atoms with Gasteiger partial charge in [-0.05, 0) is 42.5 Å². The zero-order chi connectivity index (χ0) is 13.3. The fraction of sp³-hybridized carbons (Fsp3) is 0.533. The van der Waals surface area contributed by atoms with Crippen LogP contribution in [0.5, 0.6) is 5.75 Å². The number of hydrogen-bond donors (Lipinski definition) is 0. The SMILES string of the molecule is CC(C)c1cc(OC2CC2)cc(C(=O)N(C)C)c1. The van der Waals surface area contributed by atoms with Gasteiger partial charge in [0.15, 0.2) is 0 Å². The molecule has 1 saturated carbocycles. The zero-order valence-corrected chi connectivity index (χ0v) is 11.6. The van der Waals surface area contributed by atoms with Crippen molar-refractivity contribution in [2.45, 2.75) is 38.7 Å². The Hall–Kier alpha value is -1.51. The van der Waals surface area contributed by atoms with Gasteiger partial charge in [-0.1, -0.05) is 13.8 Å². The van der Waals surface area contributed by atoms with Crippen LogP contribution in [0.4, 0.5) is 0 Å². The van der Waals surface area contributed by atoms with E-state index in [9.17, 15) is 4.79 Å². The van der Waals surface area contributed by atoms with Crippen LogP contribution in [0.15, 0.2) is 18.2 Å². The molecule has 0 aliphatic heterocycles. The summed E-state index contributed by atoms with van der Waals surface area (Å²) in [6, 6.07) is 5.87. The van der Waals surface area contributed by atoms with Crippen molar-refractivity contribution in [3.05, 3.63) is 29.3 Å². The monoisotopic (exact) mass is 247 g/mol. The highest BCUT2D eigenvalue weighted by molar-refractivity contribution is 5.94. The molecular weight excluding hydrogens is 226 g/mol. The second-order valence-corrected chi connectivity index (χ2v) is 5.46. The van der Waals surface area contributed by atoms with Gasteiger partial charge in [0.05, 0.1) is 6.10 Å². The molecule has 0 aromatic heterocycles. The lowest BCUT2D eigenvalue weighted by molar-refractivity contribution is 0.0827. The third-order valence-corrected chi connectivity index (χ3v) is 3.08. The number of hydrogen-bond acceptors (Lipinski definition) is 2. The van der Waals surface area contributed by atoms with Crippen molar-refractivity contribution >= 4 is 5.91 Å². The third kappa shape index (κ3) is 3.03. The number of ether oxygens (including phenoxy) is 1. The fourth-order valence-electron chi connectivity index (χ4n) is 1.78. The molecule has 1 aliphatic rings. The van der Waals surface area contributed by atoms with E-state index in [1.165, 1.54) is 0 Å². The number of amides is 1. The summed E-state index contributed by atoms with van der Waals surface area (Å²) in [5.74, 6) is 1.24. The Labute approximate surface area is 109 Å². The molecular formula is C15H21NO2. The highest BCUT2D eigenvalue weighted by Crippen LogP contribution is 2.30. The van der Waals surface area contributed by atoms with Crippen molar-refractivity contribution in [3.8, 4) is 5.75 Å². The molecule has 1 aliphatic carbocycles. The normalized spacial score (nSPS) is 14.7. The summed E-state index contributed by atoms with van der Waals surface area (Å²) < 4.78 is 5.82. The lowest BCUT2D eigenvalue weighted by atomic mass is 10.00. The maximum Gasteiger partial charge on any atom is 0.253 e. The van der Waals surface area contributed by atoms with Gasteiger partial charge in [-0.15, -0.1) is 0 Å². The molecule has 0 atom stereocenters. The Kier molecular flexibility index (Phi) is 3.60. The van der Waals surface area contributed by atoms with Crippen LogP contribution in [0.25, 0.3) is 0 Å². The molecule has 0 spiro atoms. The lowest BCUT2D eigenvalue weighted by Gasteiger charge is -2.15. The first kappa shape index (κ1) is 12.9. The summed E-state index contributed by atoms with van der Waals surface area (Å²) in [5.41, 5.74) is 1.86. The molecule has 98 valence electrons. The van der Waals surface area contributed by atoms with E-state index in [0.29, 0.717) is 17.6 Å². The second kappa shape index (κ2) is 5.01. The first-order chi connectivity index (χ1) is 8.47. The van der Waals surface area contributed by atoms with Crippen LogP contribution in [0.1, 0.15) is 48.5 Å². The summed E-state index contributed by atoms with van der Waals surface area (Å²) in [6.07, 6.45) is 2.61. The van der Waals surface area contributed by atoms with Gasteiger partial charge in [-0.2, -0.15) is 0 Å². The molecule has 1 amide bonds. The summed E-state index contributed by atoms with van der Waals surface area (Å²) in [6.45, 7) is 4.25. The molecule has 0 bridgehead atoms. The Morgan fingerprint density at radius 2 is 1.94 bits per heavy atom. The zero-order valence-electron chi connectivity index (χ0n) is 11.6. The molecule has 0 heterocycles. The van der Waals surface area contributed by atoms with Crippen LogP contribution in [-0.4, -0.2) is 31.0 Å². The first-order valence-electron chi connectivity index (χ1n) is 6.50. The average molecular weight is 247 g/mol. The predicted octanol–water partition coefficient (Wildman–Crippen LogP) is 3.05. The van der Waals surface area contributed by atoms with E-state index in [1.54, 1.807) is 19.0 Å². The molecule has 1 fully saturated rings. The molecule has 1 aromatic carbocycles. The molecule has 1 aromatic rings. The van der Waals surface area contributed by atoms with E-state index < -0.39 is 0 Å². The fourth-order valence-corrected chi connectivity index (χ4v) is 1.78. The Bertz CT molecular complexity index is 448. The van der Waals surface area contributed by atoms with Gasteiger partial charge in [0.2, 0.25) is 0 Å². The smallest absolute Gasteiger partial charge is 0.253 e. The van der Waals surface area contributed by atoms with Gasteiger partial charge in [0, 0.05) is 19.7 Å². The summed E-state index contributed by atoms with van der Waals surface area (Å²) in [7, 11) is 3.54. The van der Waals surface area contributed by atoms with E-state index in [2.05, 4.69) is 19.9 Å². The second-order valence-electron chi connectivity index (χ2n) is 5.46. The first-order valence-corrected chi connectivity index (χ1v) is 6.50. The molecule has 0 N–H and O–H groups in total. The molecule has 3 heteroatoms. The van der Waals surface area contributed by atoms with E-state index in [-0.39, 0.29) is 5.91 Å². The van der Waals surface area contributed by atoms with Gasteiger partial charge >= 0.3 is 0 Å². The Morgan fingerprint density at radius 1 is 1.28 bits per heavy atom. The largest absolute Gasteiger partial charge is 0.490 e. The summed E-state index contributed by atoms with van der Waals surface area (Å²) in [4.78, 5) is 13.6. The minimum absolute atomic E-state index is 0.0261. The van der Waals surface area contributed by atoms with Crippen molar-refractivity contribution in [2.24, 2.45) is 0 Å². The molecule has 0 radical (unpaired) electrons. The van der Waals surface area contributed by atoms with Crippen LogP contribution in [0, 0.1) is 0 Å². The Balaban J connectivity index is 2.32. The number of carbonyl (C=O) groups excluding carboxylic acids is 1. The van der Waals surface area contributed by atoms with Crippen LogP contribution in [0.3, 0.4) is 0 Å². The third-order valence-electron chi connectivity index (χ3n) is 3.08. The van der Waals surface area contributed by atoms with Crippen LogP contribution in [-0.2, 0) is 0 Å². The molecule has 2 rings (SSSR count). The van der Waals surface area contributed by atoms with Crippen molar-refractivity contribution in [3.63, 3.8) is 0 Å². The van der Waals surface area contributed by atoms with E-state index in [1.807, 2.05) is 12.1 Å². The minimum Gasteiger partial charge on any atom is -0.490 e. The highest BCUT2D eigenvalue weighted by atomic mass is 16.5. The summed E-state index contributed by atoms with van der Waals surface area (Å²) >= 11 is 0. The maximum atomic E-state index is 12.0. The van der Waals surface area contributed by atoms with E-state index in [4.69, 9.17) is 4.74 Å². The topological polar surface area (TPSA) is 29.5 Å². The predicted molar refractivity (Wildman–Crippen MR) is 72.2 cm³/mol. The molecule has 0 unspecified atom stereocenters. The molecule has 3 nitrogen and oxygen atoms in total. The lowest BCUT2D eigenvalue weighted by Crippen LogP contribution is -2.22. The number of nitrogens with zero attached hydrogens (tertiary/aromatic N) is 1. The number of benzene rings is 1. The van der Waals surface area contributed by atoms with Crippen molar-refractivity contribution in [1.29, 1.82) is 0 Å². The standard InChI is InChI=1S/C15H21NO2/c1-10(2)11-7-12(15(17)16(3)4)9-14(8-11)18-13-5-6-13/h7-10,13H,5-6H2,1-4H3. The minimum atomic E-state index is 0.0261. The van der Waals surface area contributed by atoms with Gasteiger partial charge < -0.3 is 9.64 Å². The maximum absolute atomic E-state index is 12.0. The highest BCUT2D eigenvalue weighted by Gasteiger charge is 2.24. The van der Waals surface area contributed by atoms with Crippen LogP contribution >= 0.6 is 0 Å². The molecule has 0 saturated heterocycles. The van der Waals surface area contributed by atoms with Crippen molar-refractivity contribution in [1.82, 2.24) is 4.90 Å². The quantitative estimate of drug-likeness (QED) is 0.818. The van der Waals surface area contributed by atoms with E-state index in [0.717, 1.165) is 24.2 Å². The number of carbonyl (C=O) groups is 1. The van der Waals surface area contributed by atoms with E-state index >= 15 is 0 Å². The van der Waals surface area contributed by atoms with Crippen molar-refractivity contribution in [2.75, 3.05) is 14.1 Å². The van der Waals surface area contributed by atoms with Crippen LogP contribution in [0.2, 0.25) is 0 Å². The average Bonchev–Trinajstić information content (AvgIpc) is 3.11. The summed E-state index contributed by atoms with van der Waals surface area (Å²) in [5, 5.41) is 0. The van der Waals surface area contributed by atoms with Gasteiger partial charge in [0.1, 0.15) is 5.75 Å². The molecule has 18 heavy (non-hydrogen) atoms. The van der Waals surface area contributed by atoms with Crippen molar-refractivity contribution < 1.29 is 9.53 Å². The van der Waals surface area contributed by atoms with Gasteiger partial charge in [-0.25, -0.2) is 0 Å². The van der Waals surface area contributed by atoms with Gasteiger partial charge in [-0.3, -0.25) is 4.79 Å². The Morgan fingerprint density at radius 3 is 2.44 bits per heavy atom.